The number of hydrogen-bond donors (Lipinski definition) is 0. The van der Waals surface area contributed by atoms with Crippen LogP contribution in [0.1, 0.15) is 11.1 Å². The summed E-state index contributed by atoms with van der Waals surface area (Å²) in [7, 11) is -2.16. The van der Waals surface area contributed by atoms with Gasteiger partial charge in [-0.1, -0.05) is 18.2 Å². The summed E-state index contributed by atoms with van der Waals surface area (Å²) in [4.78, 5) is 0.182. The second-order valence-electron chi connectivity index (χ2n) is 5.07. The summed E-state index contributed by atoms with van der Waals surface area (Å²) in [5, 5.41) is 8.98. The van der Waals surface area contributed by atoms with Gasteiger partial charge in [-0.3, -0.25) is 0 Å². The fraction of sp³-hybridized carbons (Fsp3) is 0.167. The summed E-state index contributed by atoms with van der Waals surface area (Å²) in [5.41, 5.74) is 1.24. The zero-order valence-electron chi connectivity index (χ0n) is 13.3. The predicted octanol–water partition coefficient (Wildman–Crippen LogP) is 2.94. The average molecular weight is 342 g/mol. The highest BCUT2D eigenvalue weighted by atomic mass is 32.2. The Kier molecular flexibility index (Phi) is 5.74. The summed E-state index contributed by atoms with van der Waals surface area (Å²) >= 11 is 0. The van der Waals surface area contributed by atoms with Gasteiger partial charge in [0.25, 0.3) is 0 Å². The van der Waals surface area contributed by atoms with Crippen LogP contribution in [-0.2, 0) is 16.6 Å². The third-order valence-electron chi connectivity index (χ3n) is 3.44. The summed E-state index contributed by atoms with van der Waals surface area (Å²) in [6.07, 6.45) is 1.54. The minimum atomic E-state index is -3.68. The molecule has 0 atom stereocenters. The van der Waals surface area contributed by atoms with Gasteiger partial charge in [-0.15, -0.1) is 6.58 Å². The topological polar surface area (TPSA) is 70.4 Å². The molecule has 2 aromatic rings. The molecule has 0 aliphatic carbocycles. The molecule has 0 heterocycles. The fourth-order valence-electron chi connectivity index (χ4n) is 2.23. The van der Waals surface area contributed by atoms with Crippen LogP contribution in [0.15, 0.2) is 66.1 Å². The molecule has 5 nitrogen and oxygen atoms in total. The molecule has 0 amide bonds. The van der Waals surface area contributed by atoms with Gasteiger partial charge < -0.3 is 4.74 Å². The van der Waals surface area contributed by atoms with E-state index in [4.69, 9.17) is 10.00 Å². The third kappa shape index (κ3) is 4.02. The Balaban J connectivity index is 2.33. The van der Waals surface area contributed by atoms with Crippen molar-refractivity contribution in [2.75, 3.05) is 13.7 Å². The molecule has 0 bridgehead atoms. The summed E-state index contributed by atoms with van der Waals surface area (Å²) in [5.74, 6) is 0.589. The monoisotopic (exact) mass is 342 g/mol. The Morgan fingerprint density at radius 3 is 2.54 bits per heavy atom. The highest BCUT2D eigenvalue weighted by Crippen LogP contribution is 2.21. The van der Waals surface area contributed by atoms with Crippen LogP contribution in [0.5, 0.6) is 5.75 Å². The van der Waals surface area contributed by atoms with E-state index in [0.717, 1.165) is 5.56 Å². The van der Waals surface area contributed by atoms with Crippen molar-refractivity contribution in [2.24, 2.45) is 0 Å². The Hall–Kier alpha value is -2.62. The molecule has 0 saturated carbocycles. The maximum atomic E-state index is 12.9. The maximum Gasteiger partial charge on any atom is 0.243 e. The van der Waals surface area contributed by atoms with Crippen molar-refractivity contribution in [3.05, 3.63) is 72.3 Å². The first-order valence-electron chi connectivity index (χ1n) is 7.25. The number of nitrogens with zero attached hydrogens (tertiary/aromatic N) is 2. The maximum absolute atomic E-state index is 12.9. The zero-order valence-corrected chi connectivity index (χ0v) is 14.2. The van der Waals surface area contributed by atoms with E-state index in [9.17, 15) is 8.42 Å². The summed E-state index contributed by atoms with van der Waals surface area (Å²) < 4.78 is 32.1. The lowest BCUT2D eigenvalue weighted by Crippen LogP contribution is -2.30. The molecule has 2 aromatic carbocycles. The number of methoxy groups -OCH3 is 1. The van der Waals surface area contributed by atoms with Crippen molar-refractivity contribution >= 4 is 10.0 Å². The number of rotatable bonds is 7. The van der Waals surface area contributed by atoms with Crippen molar-refractivity contribution in [1.82, 2.24) is 4.31 Å². The Labute approximate surface area is 142 Å². The largest absolute Gasteiger partial charge is 0.497 e. The van der Waals surface area contributed by atoms with E-state index in [-0.39, 0.29) is 18.0 Å². The molecule has 24 heavy (non-hydrogen) atoms. The first-order valence-corrected chi connectivity index (χ1v) is 8.69. The summed E-state index contributed by atoms with van der Waals surface area (Å²) in [6, 6.07) is 15.2. The van der Waals surface area contributed by atoms with Crippen LogP contribution < -0.4 is 4.74 Å². The minimum Gasteiger partial charge on any atom is -0.497 e. The van der Waals surface area contributed by atoms with Crippen LogP contribution in [0.3, 0.4) is 0 Å². The molecule has 0 aromatic heterocycles. The van der Waals surface area contributed by atoms with Crippen LogP contribution in [0.2, 0.25) is 0 Å². The van der Waals surface area contributed by atoms with Gasteiger partial charge in [-0.2, -0.15) is 9.57 Å². The lowest BCUT2D eigenvalue weighted by molar-refractivity contribution is 0.414. The molecule has 6 heteroatoms. The van der Waals surface area contributed by atoms with Gasteiger partial charge in [0.05, 0.1) is 23.6 Å². The molecule has 0 fully saturated rings. The van der Waals surface area contributed by atoms with E-state index in [1.165, 1.54) is 29.6 Å². The van der Waals surface area contributed by atoms with Gasteiger partial charge in [0.2, 0.25) is 10.0 Å². The summed E-state index contributed by atoms with van der Waals surface area (Å²) in [6.45, 7) is 3.97. The zero-order chi connectivity index (χ0) is 17.6. The van der Waals surface area contributed by atoms with Crippen molar-refractivity contribution in [3.8, 4) is 11.8 Å². The molecular formula is C18H18N2O3S. The van der Waals surface area contributed by atoms with Crippen molar-refractivity contribution in [2.45, 2.75) is 11.4 Å². The predicted molar refractivity (Wildman–Crippen MR) is 91.9 cm³/mol. The number of nitriles is 1. The van der Waals surface area contributed by atoms with E-state index in [1.807, 2.05) is 0 Å². The van der Waals surface area contributed by atoms with Crippen LogP contribution in [0.25, 0.3) is 0 Å². The van der Waals surface area contributed by atoms with Crippen LogP contribution in [0, 0.1) is 11.3 Å². The van der Waals surface area contributed by atoms with E-state index < -0.39 is 10.0 Å². The van der Waals surface area contributed by atoms with Gasteiger partial charge >= 0.3 is 0 Å². The molecule has 0 unspecified atom stereocenters. The lowest BCUT2D eigenvalue weighted by atomic mass is 10.1. The van der Waals surface area contributed by atoms with Crippen molar-refractivity contribution < 1.29 is 13.2 Å². The van der Waals surface area contributed by atoms with Crippen molar-refractivity contribution in [1.29, 1.82) is 5.26 Å². The Bertz CT molecular complexity index is 853. The highest BCUT2D eigenvalue weighted by molar-refractivity contribution is 7.89. The number of hydrogen-bond acceptors (Lipinski definition) is 4. The molecule has 2 rings (SSSR count). The fourth-order valence-corrected chi connectivity index (χ4v) is 3.63. The first kappa shape index (κ1) is 17.7. The molecule has 0 saturated heterocycles. The lowest BCUT2D eigenvalue weighted by Gasteiger charge is -2.21. The number of ether oxygens (including phenoxy) is 1. The second-order valence-corrected chi connectivity index (χ2v) is 7.01. The van der Waals surface area contributed by atoms with Crippen LogP contribution in [0.4, 0.5) is 0 Å². The van der Waals surface area contributed by atoms with Crippen LogP contribution in [-0.4, -0.2) is 26.4 Å². The van der Waals surface area contributed by atoms with E-state index in [2.05, 4.69) is 12.6 Å². The van der Waals surface area contributed by atoms with E-state index in [1.54, 1.807) is 36.4 Å². The normalized spacial score (nSPS) is 11.0. The molecule has 0 aliphatic heterocycles. The smallest absolute Gasteiger partial charge is 0.243 e. The van der Waals surface area contributed by atoms with E-state index in [0.29, 0.717) is 11.3 Å². The van der Waals surface area contributed by atoms with Gasteiger partial charge in [0.15, 0.2) is 0 Å². The Morgan fingerprint density at radius 2 is 1.96 bits per heavy atom. The molecule has 0 spiro atoms. The second kappa shape index (κ2) is 7.77. The number of sulfonamides is 1. The van der Waals surface area contributed by atoms with Gasteiger partial charge in [-0.25, -0.2) is 8.42 Å². The SMILES string of the molecule is C=CCN(Cc1cccc(C#N)c1)S(=O)(=O)c1ccc(OC)cc1. The third-order valence-corrected chi connectivity index (χ3v) is 5.27. The number of benzene rings is 2. The van der Waals surface area contributed by atoms with Gasteiger partial charge in [-0.05, 0) is 42.0 Å². The minimum absolute atomic E-state index is 0.163. The quantitative estimate of drug-likeness (QED) is 0.725. The molecule has 0 aliphatic rings. The Morgan fingerprint density at radius 1 is 1.25 bits per heavy atom. The first-order chi connectivity index (χ1) is 11.5. The molecular weight excluding hydrogens is 324 g/mol. The van der Waals surface area contributed by atoms with E-state index >= 15 is 0 Å². The molecule has 0 radical (unpaired) electrons. The highest BCUT2D eigenvalue weighted by Gasteiger charge is 2.23. The average Bonchev–Trinajstić information content (AvgIpc) is 2.61. The molecule has 0 N–H and O–H groups in total. The van der Waals surface area contributed by atoms with Crippen molar-refractivity contribution in [3.63, 3.8) is 0 Å². The standard InChI is InChI=1S/C18H18N2O3S/c1-3-11-20(14-16-6-4-5-15(12-16)13-19)24(21,22)18-9-7-17(23-2)8-10-18/h3-10,12H,1,11,14H2,2H3. The van der Waals surface area contributed by atoms with Gasteiger partial charge in [0.1, 0.15) is 5.75 Å². The van der Waals surface area contributed by atoms with Gasteiger partial charge in [0, 0.05) is 13.1 Å². The molecule has 124 valence electrons. The van der Waals surface area contributed by atoms with Crippen LogP contribution >= 0.6 is 0 Å².